The number of hydrogen-bond acceptors (Lipinski definition) is 8. The first-order valence-electron chi connectivity index (χ1n) is 11.9. The van der Waals surface area contributed by atoms with E-state index < -0.39 is 22.5 Å². The highest BCUT2D eigenvalue weighted by molar-refractivity contribution is 7.07. The molecule has 2 aromatic carbocycles. The van der Waals surface area contributed by atoms with Crippen LogP contribution in [0.25, 0.3) is 6.08 Å². The molecule has 10 heteroatoms. The lowest BCUT2D eigenvalue weighted by Gasteiger charge is -2.25. The molecule has 3 aromatic rings. The van der Waals surface area contributed by atoms with E-state index in [-0.39, 0.29) is 21.9 Å². The summed E-state index contributed by atoms with van der Waals surface area (Å²) in [7, 11) is 0. The summed E-state index contributed by atoms with van der Waals surface area (Å²) in [5.74, 6) is 0.127. The van der Waals surface area contributed by atoms with E-state index in [2.05, 4.69) is 4.99 Å². The molecule has 1 unspecified atom stereocenters. The maximum Gasteiger partial charge on any atom is 0.338 e. The zero-order valence-corrected chi connectivity index (χ0v) is 21.8. The number of thiazole rings is 1. The number of carbonyl (C=O) groups excluding carboxylic acids is 1. The predicted molar refractivity (Wildman–Crippen MR) is 140 cm³/mol. The van der Waals surface area contributed by atoms with Gasteiger partial charge in [0, 0.05) is 6.07 Å². The number of hydrogen-bond donors (Lipinski definition) is 0. The van der Waals surface area contributed by atoms with E-state index in [4.69, 9.17) is 9.47 Å². The number of aromatic nitrogens is 1. The third kappa shape index (κ3) is 5.39. The topological polar surface area (TPSA) is 113 Å². The van der Waals surface area contributed by atoms with E-state index in [1.54, 1.807) is 51.1 Å². The highest BCUT2D eigenvalue weighted by Crippen LogP contribution is 2.32. The van der Waals surface area contributed by atoms with Crippen molar-refractivity contribution >= 4 is 29.1 Å². The number of nitrogens with zero attached hydrogens (tertiary/aromatic N) is 3. The van der Waals surface area contributed by atoms with Gasteiger partial charge in [-0.15, -0.1) is 0 Å². The van der Waals surface area contributed by atoms with Crippen LogP contribution in [-0.4, -0.2) is 28.2 Å². The number of benzene rings is 2. The van der Waals surface area contributed by atoms with Gasteiger partial charge >= 0.3 is 5.97 Å². The Morgan fingerprint density at radius 1 is 1.22 bits per heavy atom. The second-order valence-corrected chi connectivity index (χ2v) is 9.78. The Morgan fingerprint density at radius 3 is 2.57 bits per heavy atom. The van der Waals surface area contributed by atoms with E-state index in [1.165, 1.54) is 16.7 Å². The minimum absolute atomic E-state index is 0.107. The fourth-order valence-corrected chi connectivity index (χ4v) is 5.10. The summed E-state index contributed by atoms with van der Waals surface area (Å²) in [6.07, 6.45) is 2.00. The SMILES string of the molecule is CCCOc1ccc(C2C(C(=O)OC(C)C)=C(C)N=c3sc(=Cc4ccccc4[N+](=O)[O-])c(=O)n32)cc1. The molecule has 2 heterocycles. The van der Waals surface area contributed by atoms with Crippen LogP contribution >= 0.6 is 11.3 Å². The molecule has 9 nitrogen and oxygen atoms in total. The molecule has 0 saturated carbocycles. The van der Waals surface area contributed by atoms with Crippen LogP contribution in [0, 0.1) is 10.1 Å². The van der Waals surface area contributed by atoms with Gasteiger partial charge in [-0.25, -0.2) is 9.79 Å². The number of fused-ring (bicyclic) bond motifs is 1. The lowest BCUT2D eigenvalue weighted by molar-refractivity contribution is -0.385. The minimum atomic E-state index is -0.782. The van der Waals surface area contributed by atoms with Crippen molar-refractivity contribution in [3.05, 3.63) is 101 Å². The molecule has 0 amide bonds. The first kappa shape index (κ1) is 26.0. The number of allylic oxidation sites excluding steroid dienone is 1. The molecule has 0 radical (unpaired) electrons. The molecule has 1 aliphatic rings. The van der Waals surface area contributed by atoms with Crippen molar-refractivity contribution in [3.63, 3.8) is 0 Å². The standard InChI is InChI=1S/C27H27N3O6S/c1-5-14-35-20-12-10-18(11-13-20)24-23(26(32)36-16(2)3)17(4)28-27-29(24)25(31)22(37-27)15-19-8-6-7-9-21(19)30(33)34/h6-13,15-16,24H,5,14H2,1-4H3. The van der Waals surface area contributed by atoms with E-state index >= 15 is 0 Å². The second-order valence-electron chi connectivity index (χ2n) is 8.77. The summed E-state index contributed by atoms with van der Waals surface area (Å²) in [6.45, 7) is 7.81. The molecule has 0 bridgehead atoms. The molecule has 192 valence electrons. The zero-order valence-electron chi connectivity index (χ0n) is 21.0. The van der Waals surface area contributed by atoms with Gasteiger partial charge in [-0.05, 0) is 57.0 Å². The van der Waals surface area contributed by atoms with Crippen LogP contribution in [0.15, 0.2) is 69.6 Å². The number of carbonyl (C=O) groups is 1. The van der Waals surface area contributed by atoms with Crippen molar-refractivity contribution in [2.45, 2.75) is 46.3 Å². The van der Waals surface area contributed by atoms with Gasteiger partial charge in [0.2, 0.25) is 0 Å². The summed E-state index contributed by atoms with van der Waals surface area (Å²) in [4.78, 5) is 42.8. The maximum absolute atomic E-state index is 13.7. The molecule has 4 rings (SSSR count). The zero-order chi connectivity index (χ0) is 26.7. The second kappa shape index (κ2) is 10.9. The summed E-state index contributed by atoms with van der Waals surface area (Å²) in [5, 5.41) is 11.5. The quantitative estimate of drug-likeness (QED) is 0.253. The maximum atomic E-state index is 13.7. The number of nitro benzene ring substituents is 1. The van der Waals surface area contributed by atoms with Crippen molar-refractivity contribution in [1.82, 2.24) is 4.57 Å². The van der Waals surface area contributed by atoms with Gasteiger partial charge in [-0.1, -0.05) is 42.5 Å². The molecule has 0 aliphatic carbocycles. The number of rotatable bonds is 8. The molecule has 1 aliphatic heterocycles. The molecule has 0 N–H and O–H groups in total. The number of para-hydroxylation sites is 1. The van der Waals surface area contributed by atoms with E-state index in [0.717, 1.165) is 17.8 Å². The Kier molecular flexibility index (Phi) is 7.68. The fourth-order valence-electron chi connectivity index (χ4n) is 4.06. The monoisotopic (exact) mass is 521 g/mol. The molecular formula is C27H27N3O6S. The Morgan fingerprint density at radius 2 is 1.92 bits per heavy atom. The van der Waals surface area contributed by atoms with Gasteiger partial charge in [0.1, 0.15) is 5.75 Å². The summed E-state index contributed by atoms with van der Waals surface area (Å²) >= 11 is 1.12. The van der Waals surface area contributed by atoms with Gasteiger partial charge in [0.15, 0.2) is 4.80 Å². The summed E-state index contributed by atoms with van der Waals surface area (Å²) in [5.41, 5.74) is 1.20. The highest BCUT2D eigenvalue weighted by Gasteiger charge is 2.34. The Bertz CT molecular complexity index is 1550. The Balaban J connectivity index is 1.91. The lowest BCUT2D eigenvalue weighted by atomic mass is 9.96. The normalized spacial score (nSPS) is 15.4. The van der Waals surface area contributed by atoms with Gasteiger partial charge < -0.3 is 9.47 Å². The average molecular weight is 522 g/mol. The van der Waals surface area contributed by atoms with Crippen LogP contribution in [0.5, 0.6) is 5.75 Å². The number of nitro groups is 1. The third-order valence-electron chi connectivity index (χ3n) is 5.67. The van der Waals surface area contributed by atoms with E-state index in [1.807, 2.05) is 19.1 Å². The third-order valence-corrected chi connectivity index (χ3v) is 6.66. The highest BCUT2D eigenvalue weighted by atomic mass is 32.1. The van der Waals surface area contributed by atoms with E-state index in [0.29, 0.717) is 34.0 Å². The predicted octanol–water partition coefficient (Wildman–Crippen LogP) is 3.88. The smallest absolute Gasteiger partial charge is 0.338 e. The van der Waals surface area contributed by atoms with E-state index in [9.17, 15) is 19.7 Å². The van der Waals surface area contributed by atoms with Gasteiger partial charge in [-0.3, -0.25) is 19.5 Å². The van der Waals surface area contributed by atoms with Gasteiger partial charge in [0.05, 0.1) is 45.0 Å². The fraction of sp³-hybridized carbons (Fsp3) is 0.296. The lowest BCUT2D eigenvalue weighted by Crippen LogP contribution is -2.40. The summed E-state index contributed by atoms with van der Waals surface area (Å²) < 4.78 is 12.9. The minimum Gasteiger partial charge on any atom is -0.494 e. The van der Waals surface area contributed by atoms with Crippen LogP contribution < -0.4 is 19.6 Å². The largest absolute Gasteiger partial charge is 0.494 e. The van der Waals surface area contributed by atoms with Crippen LogP contribution in [0.2, 0.25) is 0 Å². The van der Waals surface area contributed by atoms with Crippen molar-refractivity contribution in [3.8, 4) is 5.75 Å². The average Bonchev–Trinajstić information content (AvgIpc) is 3.16. The van der Waals surface area contributed by atoms with Gasteiger partial charge in [0.25, 0.3) is 11.2 Å². The van der Waals surface area contributed by atoms with Crippen molar-refractivity contribution in [1.29, 1.82) is 0 Å². The first-order chi connectivity index (χ1) is 17.7. The van der Waals surface area contributed by atoms with Crippen LogP contribution in [-0.2, 0) is 9.53 Å². The van der Waals surface area contributed by atoms with Crippen molar-refractivity contribution < 1.29 is 19.2 Å². The van der Waals surface area contributed by atoms with Crippen molar-refractivity contribution in [2.75, 3.05) is 6.61 Å². The Labute approximate surface area is 217 Å². The molecule has 37 heavy (non-hydrogen) atoms. The summed E-state index contributed by atoms with van der Waals surface area (Å²) in [6, 6.07) is 12.7. The first-order valence-corrected chi connectivity index (χ1v) is 12.7. The van der Waals surface area contributed by atoms with Crippen LogP contribution in [0.3, 0.4) is 0 Å². The van der Waals surface area contributed by atoms with Gasteiger partial charge in [-0.2, -0.15) is 0 Å². The molecule has 1 aromatic heterocycles. The molecule has 0 spiro atoms. The molecule has 0 fully saturated rings. The van der Waals surface area contributed by atoms with Crippen molar-refractivity contribution in [2.24, 2.45) is 4.99 Å². The number of ether oxygens (including phenoxy) is 2. The molecule has 0 saturated heterocycles. The van der Waals surface area contributed by atoms with Crippen LogP contribution in [0.4, 0.5) is 5.69 Å². The number of esters is 1. The molecular weight excluding hydrogens is 494 g/mol. The molecule has 1 atom stereocenters. The Hall–Kier alpha value is -4.05. The van der Waals surface area contributed by atoms with Crippen LogP contribution in [0.1, 0.15) is 51.3 Å².